The molecule has 3 N–H and O–H groups in total. The summed E-state index contributed by atoms with van der Waals surface area (Å²) in [5.74, 6) is 5.63. The van der Waals surface area contributed by atoms with Gasteiger partial charge in [0.2, 0.25) is 0 Å². The number of rotatable bonds is 4. The van der Waals surface area contributed by atoms with Crippen molar-refractivity contribution in [1.29, 1.82) is 0 Å². The van der Waals surface area contributed by atoms with E-state index in [1.807, 2.05) is 36.1 Å². The van der Waals surface area contributed by atoms with Crippen LogP contribution in [0.4, 0.5) is 0 Å². The Kier molecular flexibility index (Phi) is 3.51. The molecule has 0 radical (unpaired) electrons. The predicted octanol–water partition coefficient (Wildman–Crippen LogP) is 1.16. The number of hydrogen-bond donors (Lipinski definition) is 2. The van der Waals surface area contributed by atoms with E-state index in [-0.39, 0.29) is 6.04 Å². The van der Waals surface area contributed by atoms with Gasteiger partial charge in [-0.2, -0.15) is 5.10 Å². The first-order valence-corrected chi connectivity index (χ1v) is 5.65. The van der Waals surface area contributed by atoms with E-state index in [9.17, 15) is 0 Å². The van der Waals surface area contributed by atoms with Crippen LogP contribution < -0.4 is 11.3 Å². The van der Waals surface area contributed by atoms with Crippen molar-refractivity contribution < 1.29 is 0 Å². The topological polar surface area (TPSA) is 68.8 Å². The Balaban J connectivity index is 2.33. The first kappa shape index (κ1) is 11.8. The second-order valence-electron chi connectivity index (χ2n) is 3.96. The van der Waals surface area contributed by atoms with Crippen LogP contribution in [0.3, 0.4) is 0 Å². The lowest BCUT2D eigenvalue weighted by atomic mass is 10.0. The molecule has 2 aromatic heterocycles. The molecule has 2 rings (SSSR count). The van der Waals surface area contributed by atoms with Gasteiger partial charge in [-0.1, -0.05) is 0 Å². The Morgan fingerprint density at radius 1 is 1.47 bits per heavy atom. The van der Waals surface area contributed by atoms with Gasteiger partial charge >= 0.3 is 0 Å². The third-order valence-corrected chi connectivity index (χ3v) is 2.73. The van der Waals surface area contributed by atoms with Gasteiger partial charge in [-0.05, 0) is 31.5 Å². The molecule has 0 amide bonds. The minimum atomic E-state index is -0.0444. The molecule has 5 heteroatoms. The summed E-state index contributed by atoms with van der Waals surface area (Å²) in [5.41, 5.74) is 5.94. The van der Waals surface area contributed by atoms with Gasteiger partial charge in [0.1, 0.15) is 0 Å². The molecule has 0 fully saturated rings. The first-order valence-electron chi connectivity index (χ1n) is 5.65. The zero-order chi connectivity index (χ0) is 12.3. The van der Waals surface area contributed by atoms with E-state index in [1.165, 1.54) is 0 Å². The molecule has 0 aliphatic rings. The molecule has 2 aromatic rings. The van der Waals surface area contributed by atoms with Crippen molar-refractivity contribution in [3.8, 4) is 0 Å². The number of nitrogens with zero attached hydrogens (tertiary/aromatic N) is 3. The number of hydrazine groups is 1. The summed E-state index contributed by atoms with van der Waals surface area (Å²) < 4.78 is 1.88. The molecular weight excluding hydrogens is 214 g/mol. The molecule has 2 heterocycles. The monoisotopic (exact) mass is 231 g/mol. The van der Waals surface area contributed by atoms with E-state index < -0.39 is 0 Å². The van der Waals surface area contributed by atoms with Gasteiger partial charge in [-0.15, -0.1) is 0 Å². The summed E-state index contributed by atoms with van der Waals surface area (Å²) in [6.07, 6.45) is 5.63. The number of pyridine rings is 1. The van der Waals surface area contributed by atoms with Gasteiger partial charge in [-0.3, -0.25) is 15.5 Å². The molecule has 0 saturated heterocycles. The van der Waals surface area contributed by atoms with Crippen LogP contribution in [0.2, 0.25) is 0 Å². The third-order valence-electron chi connectivity index (χ3n) is 2.73. The second kappa shape index (κ2) is 5.07. The van der Waals surface area contributed by atoms with Gasteiger partial charge in [-0.25, -0.2) is 5.43 Å². The van der Waals surface area contributed by atoms with Crippen LogP contribution in [0.25, 0.3) is 0 Å². The summed E-state index contributed by atoms with van der Waals surface area (Å²) in [4.78, 5) is 4.18. The largest absolute Gasteiger partial charge is 0.273 e. The van der Waals surface area contributed by atoms with Crippen LogP contribution in [0.5, 0.6) is 0 Å². The second-order valence-corrected chi connectivity index (χ2v) is 3.96. The summed E-state index contributed by atoms with van der Waals surface area (Å²) in [5, 5.41) is 4.26. The average Bonchev–Trinajstić information content (AvgIpc) is 2.79. The number of aromatic nitrogens is 3. The molecule has 1 unspecified atom stereocenters. The Morgan fingerprint density at radius 2 is 2.29 bits per heavy atom. The van der Waals surface area contributed by atoms with Crippen LogP contribution in [0, 0.1) is 6.92 Å². The maximum atomic E-state index is 5.63. The highest BCUT2D eigenvalue weighted by atomic mass is 15.3. The van der Waals surface area contributed by atoms with E-state index in [0.29, 0.717) is 0 Å². The van der Waals surface area contributed by atoms with Gasteiger partial charge in [0, 0.05) is 30.2 Å². The van der Waals surface area contributed by atoms with Crippen LogP contribution >= 0.6 is 0 Å². The molecule has 0 aromatic carbocycles. The number of nitrogens with one attached hydrogen (secondary N) is 1. The van der Waals surface area contributed by atoms with Crippen LogP contribution in [-0.2, 0) is 6.54 Å². The van der Waals surface area contributed by atoms with E-state index in [1.54, 1.807) is 6.20 Å². The van der Waals surface area contributed by atoms with Crippen molar-refractivity contribution in [2.24, 2.45) is 5.84 Å². The first-order chi connectivity index (χ1) is 8.24. The SMILES string of the molecule is CCn1cc(C(NN)c2ccnc(C)c2)cn1. The number of hydrogen-bond acceptors (Lipinski definition) is 4. The lowest BCUT2D eigenvalue weighted by molar-refractivity contribution is 0.629. The quantitative estimate of drug-likeness (QED) is 0.612. The van der Waals surface area contributed by atoms with Crippen LogP contribution in [-0.4, -0.2) is 14.8 Å². The third kappa shape index (κ3) is 2.51. The summed E-state index contributed by atoms with van der Waals surface area (Å²) in [6, 6.07) is 3.94. The summed E-state index contributed by atoms with van der Waals surface area (Å²) in [6.45, 7) is 4.87. The molecule has 0 aliphatic carbocycles. The Hall–Kier alpha value is -1.72. The summed E-state index contributed by atoms with van der Waals surface area (Å²) >= 11 is 0. The van der Waals surface area contributed by atoms with Gasteiger partial charge < -0.3 is 0 Å². The molecular formula is C12H17N5. The fourth-order valence-electron chi connectivity index (χ4n) is 1.83. The van der Waals surface area contributed by atoms with Crippen molar-refractivity contribution in [3.05, 3.63) is 47.5 Å². The smallest absolute Gasteiger partial charge is 0.0741 e. The Labute approximate surface area is 101 Å². The number of aryl methyl sites for hydroxylation is 2. The van der Waals surface area contributed by atoms with E-state index in [2.05, 4.69) is 22.4 Å². The van der Waals surface area contributed by atoms with Crippen molar-refractivity contribution in [2.45, 2.75) is 26.4 Å². The van der Waals surface area contributed by atoms with Crippen molar-refractivity contribution >= 4 is 0 Å². The molecule has 1 atom stereocenters. The van der Waals surface area contributed by atoms with Crippen molar-refractivity contribution in [1.82, 2.24) is 20.2 Å². The average molecular weight is 231 g/mol. The molecule has 5 nitrogen and oxygen atoms in total. The van der Waals surface area contributed by atoms with Gasteiger partial charge in [0.15, 0.2) is 0 Å². The molecule has 17 heavy (non-hydrogen) atoms. The molecule has 90 valence electrons. The lowest BCUT2D eigenvalue weighted by Crippen LogP contribution is -2.28. The minimum absolute atomic E-state index is 0.0444. The summed E-state index contributed by atoms with van der Waals surface area (Å²) in [7, 11) is 0. The van der Waals surface area contributed by atoms with Crippen molar-refractivity contribution in [2.75, 3.05) is 0 Å². The van der Waals surface area contributed by atoms with E-state index in [0.717, 1.165) is 23.4 Å². The zero-order valence-electron chi connectivity index (χ0n) is 10.1. The fraction of sp³-hybridized carbons (Fsp3) is 0.333. The van der Waals surface area contributed by atoms with Crippen LogP contribution in [0.1, 0.15) is 29.8 Å². The highest BCUT2D eigenvalue weighted by Gasteiger charge is 2.14. The normalized spacial score (nSPS) is 12.6. The molecule has 0 aliphatic heterocycles. The number of nitrogens with two attached hydrogens (primary N) is 1. The molecule has 0 bridgehead atoms. The van der Waals surface area contributed by atoms with Crippen LogP contribution in [0.15, 0.2) is 30.7 Å². The minimum Gasteiger partial charge on any atom is -0.273 e. The molecule has 0 saturated carbocycles. The van der Waals surface area contributed by atoms with E-state index in [4.69, 9.17) is 5.84 Å². The zero-order valence-corrected chi connectivity index (χ0v) is 10.1. The Bertz CT molecular complexity index is 491. The highest BCUT2D eigenvalue weighted by molar-refractivity contribution is 5.28. The van der Waals surface area contributed by atoms with Gasteiger partial charge in [0.05, 0.1) is 12.2 Å². The lowest BCUT2D eigenvalue weighted by Gasteiger charge is -2.14. The maximum absolute atomic E-state index is 5.63. The highest BCUT2D eigenvalue weighted by Crippen LogP contribution is 2.20. The van der Waals surface area contributed by atoms with E-state index >= 15 is 0 Å². The molecule has 0 spiro atoms. The van der Waals surface area contributed by atoms with Crippen molar-refractivity contribution in [3.63, 3.8) is 0 Å². The van der Waals surface area contributed by atoms with Gasteiger partial charge in [0.25, 0.3) is 0 Å². The fourth-order valence-corrected chi connectivity index (χ4v) is 1.83. The predicted molar refractivity (Wildman–Crippen MR) is 66.0 cm³/mol. The standard InChI is InChI=1S/C12H17N5/c1-3-17-8-11(7-15-17)12(16-13)10-4-5-14-9(2)6-10/h4-8,12,16H,3,13H2,1-2H3. The Morgan fingerprint density at radius 3 is 2.88 bits per heavy atom. The maximum Gasteiger partial charge on any atom is 0.0741 e.